The zero-order valence-corrected chi connectivity index (χ0v) is 10.2. The van der Waals surface area contributed by atoms with E-state index in [9.17, 15) is 9.59 Å². The van der Waals surface area contributed by atoms with Gasteiger partial charge in [0.15, 0.2) is 0 Å². The first kappa shape index (κ1) is 12.9. The lowest BCUT2D eigenvalue weighted by Gasteiger charge is -2.13. The minimum Gasteiger partial charge on any atom is -0.480 e. The zero-order chi connectivity index (χ0) is 13.7. The smallest absolute Gasteiger partial charge is 0.326 e. The molecular formula is C8H9N7O3S. The number of carboxylic acid groups (broad SMARTS) is 1. The molecule has 0 aliphatic heterocycles. The van der Waals surface area contributed by atoms with E-state index >= 15 is 0 Å². The summed E-state index contributed by atoms with van der Waals surface area (Å²) in [5.41, 5.74) is 0.602. The lowest BCUT2D eigenvalue weighted by Crippen LogP contribution is -2.44. The number of urea groups is 1. The van der Waals surface area contributed by atoms with Crippen molar-refractivity contribution in [2.45, 2.75) is 12.5 Å². The fourth-order valence-electron chi connectivity index (χ4n) is 1.29. The van der Waals surface area contributed by atoms with Crippen molar-refractivity contribution in [3.63, 3.8) is 0 Å². The largest absolute Gasteiger partial charge is 0.480 e. The Morgan fingerprint density at radius 3 is 2.95 bits per heavy atom. The van der Waals surface area contributed by atoms with Gasteiger partial charge in [0.1, 0.15) is 6.04 Å². The number of amides is 2. The molecule has 0 radical (unpaired) electrons. The number of carbonyl (C=O) groups excluding carboxylic acids is 1. The third kappa shape index (κ3) is 3.70. The summed E-state index contributed by atoms with van der Waals surface area (Å²) in [5, 5.41) is 20.7. The fourth-order valence-corrected chi connectivity index (χ4v) is 1.65. The van der Waals surface area contributed by atoms with Gasteiger partial charge in [0.25, 0.3) is 0 Å². The first-order valence-electron chi connectivity index (χ1n) is 5.08. The summed E-state index contributed by atoms with van der Waals surface area (Å²) < 4.78 is 3.46. The van der Waals surface area contributed by atoms with Crippen molar-refractivity contribution in [2.24, 2.45) is 0 Å². The number of carboxylic acids is 1. The number of anilines is 1. The Labute approximate surface area is 110 Å². The Hall–Kier alpha value is -2.56. The summed E-state index contributed by atoms with van der Waals surface area (Å²) in [6.45, 7) is 0. The SMILES string of the molecule is O=C(Nc1nnns1)NC(Cc1cnc[nH]1)C(=O)O. The molecule has 0 saturated carbocycles. The second-order valence-electron chi connectivity index (χ2n) is 3.44. The van der Waals surface area contributed by atoms with Crippen LogP contribution in [0.3, 0.4) is 0 Å². The Kier molecular flexibility index (Phi) is 3.97. The molecule has 4 N–H and O–H groups in total. The lowest BCUT2D eigenvalue weighted by atomic mass is 10.2. The molecule has 2 aromatic heterocycles. The number of rotatable bonds is 5. The predicted octanol–water partition coefficient (Wildman–Crippen LogP) is -0.526. The standard InChI is InChI=1S/C8H9N7O3S/c16-6(17)5(1-4-2-9-3-10-4)11-7(18)12-8-13-14-15-19-8/h2-3,5H,1H2,(H,9,10)(H,16,17)(H2,11,12,13,15,18). The molecule has 0 spiro atoms. The van der Waals surface area contributed by atoms with E-state index in [1.54, 1.807) is 0 Å². The molecule has 1 atom stereocenters. The molecule has 0 aromatic carbocycles. The number of imidazole rings is 1. The highest BCUT2D eigenvalue weighted by molar-refractivity contribution is 7.09. The van der Waals surface area contributed by atoms with Crippen LogP contribution in [0.2, 0.25) is 0 Å². The van der Waals surface area contributed by atoms with Crippen molar-refractivity contribution < 1.29 is 14.7 Å². The fraction of sp³-hybridized carbons (Fsp3) is 0.250. The van der Waals surface area contributed by atoms with Crippen molar-refractivity contribution in [1.29, 1.82) is 0 Å². The number of H-pyrrole nitrogens is 1. The van der Waals surface area contributed by atoms with E-state index in [-0.39, 0.29) is 11.6 Å². The minimum absolute atomic E-state index is 0.0944. The molecule has 10 nitrogen and oxygen atoms in total. The van der Waals surface area contributed by atoms with Gasteiger partial charge in [0.2, 0.25) is 5.13 Å². The molecule has 0 bridgehead atoms. The number of aliphatic carboxylic acids is 1. The van der Waals surface area contributed by atoms with Crippen molar-refractivity contribution in [2.75, 3.05) is 5.32 Å². The molecule has 11 heteroatoms. The molecule has 0 aliphatic rings. The first-order chi connectivity index (χ1) is 9.15. The maximum Gasteiger partial charge on any atom is 0.326 e. The molecule has 2 heterocycles. The number of carbonyl (C=O) groups is 2. The van der Waals surface area contributed by atoms with E-state index in [0.29, 0.717) is 5.69 Å². The van der Waals surface area contributed by atoms with E-state index < -0.39 is 18.0 Å². The number of nitrogens with one attached hydrogen (secondary N) is 3. The molecular weight excluding hydrogens is 274 g/mol. The number of nitrogens with zero attached hydrogens (tertiary/aromatic N) is 4. The molecule has 0 saturated heterocycles. The highest BCUT2D eigenvalue weighted by Gasteiger charge is 2.21. The quantitative estimate of drug-likeness (QED) is 0.577. The summed E-state index contributed by atoms with van der Waals surface area (Å²) in [6, 6.07) is -1.77. The summed E-state index contributed by atoms with van der Waals surface area (Å²) in [7, 11) is 0. The van der Waals surface area contributed by atoms with Crippen molar-refractivity contribution in [3.8, 4) is 0 Å². The molecule has 2 aromatic rings. The van der Waals surface area contributed by atoms with Gasteiger partial charge in [-0.3, -0.25) is 5.32 Å². The Morgan fingerprint density at radius 1 is 1.53 bits per heavy atom. The predicted molar refractivity (Wildman–Crippen MR) is 63.6 cm³/mol. The second kappa shape index (κ2) is 5.86. The molecule has 0 fully saturated rings. The molecule has 19 heavy (non-hydrogen) atoms. The van der Waals surface area contributed by atoms with Gasteiger partial charge < -0.3 is 15.4 Å². The topological polar surface area (TPSA) is 146 Å². The van der Waals surface area contributed by atoms with Crippen LogP contribution < -0.4 is 10.6 Å². The highest BCUT2D eigenvalue weighted by Crippen LogP contribution is 2.05. The van der Waals surface area contributed by atoms with Crippen LogP contribution in [0.5, 0.6) is 0 Å². The monoisotopic (exact) mass is 283 g/mol. The maximum atomic E-state index is 11.6. The van der Waals surface area contributed by atoms with Gasteiger partial charge in [0, 0.05) is 29.8 Å². The summed E-state index contributed by atoms with van der Waals surface area (Å²) >= 11 is 0.884. The number of aromatic nitrogens is 5. The molecule has 1 unspecified atom stereocenters. The first-order valence-corrected chi connectivity index (χ1v) is 5.85. The van der Waals surface area contributed by atoms with Gasteiger partial charge >= 0.3 is 12.0 Å². The normalized spacial score (nSPS) is 11.8. The van der Waals surface area contributed by atoms with Crippen LogP contribution in [0.4, 0.5) is 9.93 Å². The van der Waals surface area contributed by atoms with Crippen LogP contribution in [0, 0.1) is 0 Å². The molecule has 2 amide bonds. The summed E-state index contributed by atoms with van der Waals surface area (Å²) in [5.74, 6) is -1.15. The van der Waals surface area contributed by atoms with E-state index in [0.717, 1.165) is 11.5 Å². The number of hydrogen-bond acceptors (Lipinski definition) is 7. The third-order valence-corrected chi connectivity index (χ3v) is 2.61. The average molecular weight is 283 g/mol. The zero-order valence-electron chi connectivity index (χ0n) is 9.40. The maximum absolute atomic E-state index is 11.6. The van der Waals surface area contributed by atoms with Gasteiger partial charge in [-0.1, -0.05) is 9.59 Å². The average Bonchev–Trinajstić information content (AvgIpc) is 3.00. The van der Waals surface area contributed by atoms with Crippen molar-refractivity contribution >= 4 is 28.7 Å². The lowest BCUT2D eigenvalue weighted by molar-refractivity contribution is -0.139. The molecule has 2 rings (SSSR count). The van der Waals surface area contributed by atoms with Crippen LogP contribution in [0.25, 0.3) is 0 Å². The van der Waals surface area contributed by atoms with Crippen LogP contribution in [-0.4, -0.2) is 47.9 Å². The minimum atomic E-state index is -1.15. The van der Waals surface area contributed by atoms with E-state index in [2.05, 4.69) is 35.4 Å². The van der Waals surface area contributed by atoms with Gasteiger partial charge in [0.05, 0.1) is 6.33 Å². The molecule has 100 valence electrons. The number of hydrogen-bond donors (Lipinski definition) is 4. The Bertz CT molecular complexity index is 541. The van der Waals surface area contributed by atoms with E-state index in [1.807, 2.05) is 0 Å². The van der Waals surface area contributed by atoms with E-state index in [1.165, 1.54) is 12.5 Å². The molecule has 0 aliphatic carbocycles. The van der Waals surface area contributed by atoms with Crippen LogP contribution >= 0.6 is 11.5 Å². The Balaban J connectivity index is 1.93. The number of aromatic amines is 1. The van der Waals surface area contributed by atoms with Gasteiger partial charge in [-0.25, -0.2) is 14.6 Å². The van der Waals surface area contributed by atoms with Crippen molar-refractivity contribution in [3.05, 3.63) is 18.2 Å². The van der Waals surface area contributed by atoms with Gasteiger partial charge in [-0.15, -0.1) is 0 Å². The van der Waals surface area contributed by atoms with Crippen molar-refractivity contribution in [1.82, 2.24) is 30.1 Å². The van der Waals surface area contributed by atoms with Crippen LogP contribution in [0.1, 0.15) is 5.69 Å². The van der Waals surface area contributed by atoms with Gasteiger partial charge in [-0.05, 0) is 5.21 Å². The highest BCUT2D eigenvalue weighted by atomic mass is 32.1. The Morgan fingerprint density at radius 2 is 2.37 bits per heavy atom. The van der Waals surface area contributed by atoms with E-state index in [4.69, 9.17) is 5.11 Å². The third-order valence-electron chi connectivity index (χ3n) is 2.10. The van der Waals surface area contributed by atoms with Crippen LogP contribution in [-0.2, 0) is 11.2 Å². The second-order valence-corrected chi connectivity index (χ2v) is 4.17. The van der Waals surface area contributed by atoms with Crippen LogP contribution in [0.15, 0.2) is 12.5 Å². The summed E-state index contributed by atoms with van der Waals surface area (Å²) in [4.78, 5) is 29.1. The van der Waals surface area contributed by atoms with Gasteiger partial charge in [-0.2, -0.15) is 0 Å². The summed E-state index contributed by atoms with van der Waals surface area (Å²) in [6.07, 6.45) is 3.02.